The molecule has 2 aliphatic heterocycles. The number of piperidine rings is 1. The van der Waals surface area contributed by atoms with Gasteiger partial charge in [0.05, 0.1) is 20.2 Å². The fraction of sp³-hybridized carbons (Fsp3) is 0.480. The third-order valence-corrected chi connectivity index (χ3v) is 6.78. The number of amides is 2. The van der Waals surface area contributed by atoms with Crippen molar-refractivity contribution in [2.45, 2.75) is 25.9 Å². The lowest BCUT2D eigenvalue weighted by Gasteiger charge is -2.37. The first-order chi connectivity index (χ1) is 15.5. The quantitative estimate of drug-likeness (QED) is 0.582. The van der Waals surface area contributed by atoms with E-state index in [1.165, 1.54) is 0 Å². The molecule has 0 saturated carbocycles. The number of rotatable bonds is 9. The van der Waals surface area contributed by atoms with Crippen molar-refractivity contribution in [3.05, 3.63) is 48.5 Å². The zero-order valence-corrected chi connectivity index (χ0v) is 19.0. The van der Waals surface area contributed by atoms with Crippen LogP contribution < -0.4 is 19.3 Å². The number of carbonyl (C=O) groups excluding carboxylic acids is 1. The highest BCUT2D eigenvalue weighted by molar-refractivity contribution is 6.07. The van der Waals surface area contributed by atoms with Crippen molar-refractivity contribution in [3.8, 4) is 11.5 Å². The topological polar surface area (TPSA) is 71.0 Å². The number of hydrogen-bond acceptors (Lipinski definition) is 5. The van der Waals surface area contributed by atoms with Crippen LogP contribution in [0.1, 0.15) is 19.8 Å². The largest absolute Gasteiger partial charge is 0.497 e. The number of ether oxygens (including phenoxy) is 2. The molecule has 7 nitrogen and oxygen atoms in total. The van der Waals surface area contributed by atoms with E-state index in [9.17, 15) is 9.90 Å². The Morgan fingerprint density at radius 2 is 1.81 bits per heavy atom. The van der Waals surface area contributed by atoms with E-state index < -0.39 is 6.10 Å². The van der Waals surface area contributed by atoms with E-state index >= 15 is 0 Å². The number of aliphatic hydroxyl groups is 1. The molecule has 4 rings (SSSR count). The number of anilines is 1. The van der Waals surface area contributed by atoms with Gasteiger partial charge in [0.1, 0.15) is 29.9 Å². The number of quaternary nitrogens is 1. The smallest absolute Gasteiger partial charge is 0.426 e. The summed E-state index contributed by atoms with van der Waals surface area (Å²) >= 11 is 0. The van der Waals surface area contributed by atoms with Crippen LogP contribution in [0.2, 0.25) is 0 Å². The van der Waals surface area contributed by atoms with Gasteiger partial charge in [-0.2, -0.15) is 0 Å². The summed E-state index contributed by atoms with van der Waals surface area (Å²) < 4.78 is 11.2. The monoisotopic (exact) mass is 440 g/mol. The van der Waals surface area contributed by atoms with Gasteiger partial charge >= 0.3 is 6.03 Å². The van der Waals surface area contributed by atoms with Gasteiger partial charge < -0.3 is 19.5 Å². The van der Waals surface area contributed by atoms with Crippen molar-refractivity contribution in [1.82, 2.24) is 9.38 Å². The summed E-state index contributed by atoms with van der Waals surface area (Å²) in [5, 5.41) is 13.5. The number of hydrogen-bond donors (Lipinski definition) is 2. The number of methoxy groups -OCH3 is 1. The number of urea groups is 1. The summed E-state index contributed by atoms with van der Waals surface area (Å²) in [6.07, 6.45) is 1.52. The summed E-state index contributed by atoms with van der Waals surface area (Å²) in [5.74, 6) is 1.99. The average molecular weight is 441 g/mol. The number of likely N-dealkylation sites (tertiary alicyclic amines) is 1. The average Bonchev–Trinajstić information content (AvgIpc) is 3.10. The Bertz CT molecular complexity index is 912. The van der Waals surface area contributed by atoms with Crippen LogP contribution in [-0.4, -0.2) is 68.6 Å². The normalized spacial score (nSPS) is 22.3. The van der Waals surface area contributed by atoms with Crippen LogP contribution in [0, 0.1) is 5.92 Å². The zero-order valence-electron chi connectivity index (χ0n) is 19.0. The van der Waals surface area contributed by atoms with Crippen molar-refractivity contribution in [2.75, 3.05) is 51.8 Å². The molecule has 0 aliphatic carbocycles. The zero-order chi connectivity index (χ0) is 22.6. The number of β-amino-alcohol motifs (C(OH)–C–C–N with tert-alkyl or cyclic N) is 1. The number of benzene rings is 2. The Morgan fingerprint density at radius 3 is 2.50 bits per heavy atom. The van der Waals surface area contributed by atoms with Crippen molar-refractivity contribution in [3.63, 3.8) is 0 Å². The highest BCUT2D eigenvalue weighted by atomic mass is 16.5. The van der Waals surface area contributed by atoms with E-state index in [1.807, 2.05) is 42.5 Å². The molecular formula is C25H34N3O4+. The first-order valence-corrected chi connectivity index (χ1v) is 11.5. The lowest BCUT2D eigenvalue weighted by molar-refractivity contribution is 0.0530. The summed E-state index contributed by atoms with van der Waals surface area (Å²) in [5.41, 5.74) is 2.03. The Morgan fingerprint density at radius 1 is 1.12 bits per heavy atom. The molecule has 0 bridgehead atoms. The molecule has 0 aromatic heterocycles. The Hall–Kier alpha value is -2.61. The third-order valence-electron chi connectivity index (χ3n) is 6.78. The molecule has 32 heavy (non-hydrogen) atoms. The molecular weight excluding hydrogens is 406 g/mol. The molecule has 2 heterocycles. The molecule has 172 valence electrons. The number of nitrogens with one attached hydrogen (secondary N) is 1. The molecule has 2 atom stereocenters. The molecule has 2 N–H and O–H groups in total. The first kappa shape index (κ1) is 22.6. The second-order valence-electron chi connectivity index (χ2n) is 8.80. The summed E-state index contributed by atoms with van der Waals surface area (Å²) in [7, 11) is 1.63. The van der Waals surface area contributed by atoms with Crippen LogP contribution >= 0.6 is 0 Å². The van der Waals surface area contributed by atoms with Crippen molar-refractivity contribution in [1.29, 1.82) is 0 Å². The number of carbonyl (C=O) groups is 1. The number of aliphatic hydroxyl groups excluding tert-OH is 1. The van der Waals surface area contributed by atoms with E-state index in [0.29, 0.717) is 16.9 Å². The maximum Gasteiger partial charge on any atom is 0.426 e. The molecule has 0 spiro atoms. The summed E-state index contributed by atoms with van der Waals surface area (Å²) in [6, 6.07) is 15.5. The molecule has 2 amide bonds. The van der Waals surface area contributed by atoms with Gasteiger partial charge in [-0.3, -0.25) is 5.32 Å². The predicted molar refractivity (Wildman–Crippen MR) is 126 cm³/mol. The lowest BCUT2D eigenvalue weighted by Crippen LogP contribution is -2.56. The minimum atomic E-state index is -0.543. The molecule has 2 aromatic rings. The van der Waals surface area contributed by atoms with Crippen LogP contribution in [0.15, 0.2) is 48.5 Å². The minimum Gasteiger partial charge on any atom is -0.497 e. The van der Waals surface area contributed by atoms with Gasteiger partial charge in [-0.15, -0.1) is 0 Å². The fourth-order valence-electron chi connectivity index (χ4n) is 4.92. The van der Waals surface area contributed by atoms with Gasteiger partial charge in [-0.1, -0.05) is 12.1 Å². The van der Waals surface area contributed by atoms with Crippen LogP contribution in [0.4, 0.5) is 16.2 Å². The van der Waals surface area contributed by atoms with Crippen LogP contribution in [0.3, 0.4) is 0 Å². The van der Waals surface area contributed by atoms with Gasteiger partial charge in [-0.25, -0.2) is 9.28 Å². The van der Waals surface area contributed by atoms with E-state index in [1.54, 1.807) is 7.11 Å². The van der Waals surface area contributed by atoms with Crippen molar-refractivity contribution in [2.24, 2.45) is 5.92 Å². The van der Waals surface area contributed by atoms with Crippen LogP contribution in [0.25, 0.3) is 0 Å². The second kappa shape index (κ2) is 9.90. The molecule has 0 radical (unpaired) electrons. The molecule has 2 aliphatic rings. The number of para-hydroxylation sites is 2. The molecule has 2 aromatic carbocycles. The van der Waals surface area contributed by atoms with E-state index in [0.717, 1.165) is 61.9 Å². The highest BCUT2D eigenvalue weighted by Gasteiger charge is 2.47. The maximum atomic E-state index is 12.9. The van der Waals surface area contributed by atoms with Crippen molar-refractivity contribution >= 4 is 17.4 Å². The van der Waals surface area contributed by atoms with E-state index in [-0.39, 0.29) is 12.6 Å². The Labute approximate surface area is 190 Å². The lowest BCUT2D eigenvalue weighted by atomic mass is 9.94. The first-order valence-electron chi connectivity index (χ1n) is 11.5. The van der Waals surface area contributed by atoms with E-state index in [2.05, 4.69) is 23.2 Å². The Balaban J connectivity index is 1.25. The summed E-state index contributed by atoms with van der Waals surface area (Å²) in [6.45, 7) is 6.39. The van der Waals surface area contributed by atoms with Crippen LogP contribution in [-0.2, 0) is 0 Å². The molecule has 1 saturated heterocycles. The van der Waals surface area contributed by atoms with Crippen LogP contribution in [0.5, 0.6) is 11.5 Å². The van der Waals surface area contributed by atoms with Gasteiger partial charge in [0, 0.05) is 18.5 Å². The van der Waals surface area contributed by atoms with Gasteiger partial charge in [-0.05, 0) is 63.2 Å². The van der Waals surface area contributed by atoms with E-state index in [4.69, 9.17) is 9.47 Å². The molecule has 7 heteroatoms. The van der Waals surface area contributed by atoms with Gasteiger partial charge in [0.15, 0.2) is 5.69 Å². The SMILES string of the molecule is CC[N+]1(CC2CCN(CC(O)COc3ccc(OC)cc3)CC2)C(=O)Nc2ccccc21. The predicted octanol–water partition coefficient (Wildman–Crippen LogP) is 3.72. The van der Waals surface area contributed by atoms with Gasteiger partial charge in [0.2, 0.25) is 0 Å². The number of nitrogens with zero attached hydrogens (tertiary/aromatic N) is 2. The van der Waals surface area contributed by atoms with Gasteiger partial charge in [0.25, 0.3) is 0 Å². The fourth-order valence-corrected chi connectivity index (χ4v) is 4.92. The Kier molecular flexibility index (Phi) is 6.98. The highest BCUT2D eigenvalue weighted by Crippen LogP contribution is 2.40. The maximum absolute atomic E-state index is 12.9. The standard InChI is InChI=1S/C25H33N3O4/c1-3-28(24-7-5-4-6-23(24)26-25(28)30)17-19-12-14-27(15-13-19)16-20(29)18-32-22-10-8-21(31-2)9-11-22/h4-11,19-20,29H,3,12-18H2,1-2H3/p+1. The third kappa shape index (κ3) is 4.75. The summed E-state index contributed by atoms with van der Waals surface area (Å²) in [4.78, 5) is 15.2. The molecule has 1 fully saturated rings. The second-order valence-corrected chi connectivity index (χ2v) is 8.80. The minimum absolute atomic E-state index is 0.0854. The molecule has 2 unspecified atom stereocenters. The number of fused-ring (bicyclic) bond motifs is 1. The van der Waals surface area contributed by atoms with Crippen molar-refractivity contribution < 1.29 is 19.4 Å².